The summed E-state index contributed by atoms with van der Waals surface area (Å²) in [6.07, 6.45) is -0.0534. The molecule has 1 amide bonds. The van der Waals surface area contributed by atoms with Crippen LogP contribution in [0.4, 0.5) is 13.6 Å². The maximum atomic E-state index is 14.8. The van der Waals surface area contributed by atoms with Crippen molar-refractivity contribution in [1.29, 1.82) is 0 Å². The smallest absolute Gasteiger partial charge is 0.409 e. The first-order valence-electron chi connectivity index (χ1n) is 12.2. The molecule has 0 aliphatic carbocycles. The highest BCUT2D eigenvalue weighted by atomic mass is 35.5. The van der Waals surface area contributed by atoms with E-state index in [-0.39, 0.29) is 30.2 Å². The van der Waals surface area contributed by atoms with E-state index >= 15 is 0 Å². The van der Waals surface area contributed by atoms with Crippen LogP contribution in [0.2, 0.25) is 5.02 Å². The average molecular weight is 564 g/mol. The molecule has 38 heavy (non-hydrogen) atoms. The number of likely N-dealkylation sites (tertiary alicyclic amines) is 1. The highest BCUT2D eigenvalue weighted by Crippen LogP contribution is 2.38. The fraction of sp³-hybridized carbons (Fsp3) is 0.321. The number of halogens is 3. The molecule has 1 N–H and O–H groups in total. The molecular weight excluding hydrogens is 536 g/mol. The van der Waals surface area contributed by atoms with Gasteiger partial charge in [0.05, 0.1) is 22.4 Å². The number of carbonyl (C=O) groups excluding carboxylic acids is 1. The van der Waals surface area contributed by atoms with Gasteiger partial charge in [0.25, 0.3) is 0 Å². The van der Waals surface area contributed by atoms with Crippen molar-refractivity contribution in [3.63, 3.8) is 0 Å². The van der Waals surface area contributed by atoms with Crippen LogP contribution >= 0.6 is 11.6 Å². The Morgan fingerprint density at radius 2 is 1.68 bits per heavy atom. The summed E-state index contributed by atoms with van der Waals surface area (Å²) in [4.78, 5) is 14.1. The molecule has 0 radical (unpaired) electrons. The number of rotatable bonds is 7. The zero-order valence-corrected chi connectivity index (χ0v) is 22.3. The summed E-state index contributed by atoms with van der Waals surface area (Å²) >= 11 is 5.90. The first kappa shape index (κ1) is 28.0. The van der Waals surface area contributed by atoms with Crippen LogP contribution in [0.1, 0.15) is 36.1 Å². The topological polar surface area (TPSA) is 83.9 Å². The predicted octanol–water partition coefficient (Wildman–Crippen LogP) is 5.89. The summed E-state index contributed by atoms with van der Waals surface area (Å²) in [5.74, 6) is -2.61. The van der Waals surface area contributed by atoms with Crippen LogP contribution in [0.25, 0.3) is 0 Å². The van der Waals surface area contributed by atoms with Crippen LogP contribution < -0.4 is 0 Å². The van der Waals surface area contributed by atoms with Gasteiger partial charge >= 0.3 is 6.09 Å². The van der Waals surface area contributed by atoms with E-state index in [1.165, 1.54) is 36.1 Å². The van der Waals surface area contributed by atoms with Crippen LogP contribution in [0, 0.1) is 17.6 Å². The first-order valence-corrected chi connectivity index (χ1v) is 14.1. The largest absolute Gasteiger partial charge is 0.449 e. The Kier molecular flexibility index (Phi) is 8.40. The maximum Gasteiger partial charge on any atom is 0.409 e. The Bertz CT molecular complexity index is 1380. The lowest BCUT2D eigenvalue weighted by Gasteiger charge is -2.38. The Morgan fingerprint density at radius 1 is 1.05 bits per heavy atom. The van der Waals surface area contributed by atoms with E-state index < -0.39 is 44.3 Å². The molecule has 6 nitrogen and oxygen atoms in total. The molecular formula is C28H28ClF2NO5S. The summed E-state index contributed by atoms with van der Waals surface area (Å²) < 4.78 is 61.5. The Morgan fingerprint density at radius 3 is 2.32 bits per heavy atom. The zero-order valence-electron chi connectivity index (χ0n) is 20.7. The predicted molar refractivity (Wildman–Crippen MR) is 139 cm³/mol. The van der Waals surface area contributed by atoms with Crippen molar-refractivity contribution < 1.29 is 31.8 Å². The minimum atomic E-state index is -4.23. The molecule has 4 rings (SSSR count). The lowest BCUT2D eigenvalue weighted by molar-refractivity contribution is -0.0258. The normalized spacial score (nSPS) is 17.0. The highest BCUT2D eigenvalue weighted by molar-refractivity contribution is 7.91. The second-order valence-electron chi connectivity index (χ2n) is 9.52. The standard InChI is InChI=1S/C28H28ClF2NO5S/c1-19(18-37-27(33)32-15-13-28(34,14-16-32)20-5-3-2-4-6-20)26(24-17-22(30)9-12-25(24)31)38(35,36)23-10-7-21(29)8-11-23/h2-12,17,19,26,34H,13-16,18H2,1H3/t19-,26+/m1/s1. The molecule has 1 aliphatic rings. The minimum Gasteiger partial charge on any atom is -0.449 e. The van der Waals surface area contributed by atoms with Crippen molar-refractivity contribution in [3.8, 4) is 0 Å². The number of nitrogens with zero attached hydrogens (tertiary/aromatic N) is 1. The molecule has 10 heteroatoms. The molecule has 202 valence electrons. The van der Waals surface area contributed by atoms with E-state index in [9.17, 15) is 27.1 Å². The summed E-state index contributed by atoms with van der Waals surface area (Å²) in [5.41, 5.74) is -0.638. The van der Waals surface area contributed by atoms with Crippen molar-refractivity contribution in [2.75, 3.05) is 19.7 Å². The van der Waals surface area contributed by atoms with Gasteiger partial charge in [-0.15, -0.1) is 0 Å². The van der Waals surface area contributed by atoms with Crippen LogP contribution in [-0.4, -0.2) is 44.2 Å². The summed E-state index contributed by atoms with van der Waals surface area (Å²) in [5, 5.41) is 9.79. The van der Waals surface area contributed by atoms with Gasteiger partial charge in [0, 0.05) is 29.6 Å². The molecule has 3 aromatic carbocycles. The monoisotopic (exact) mass is 563 g/mol. The van der Waals surface area contributed by atoms with E-state index in [2.05, 4.69) is 0 Å². The van der Waals surface area contributed by atoms with Gasteiger partial charge in [0.1, 0.15) is 11.6 Å². The number of sulfone groups is 1. The number of benzene rings is 3. The lowest BCUT2D eigenvalue weighted by Crippen LogP contribution is -2.45. The van der Waals surface area contributed by atoms with Crippen molar-refractivity contribution >= 4 is 27.5 Å². The third-order valence-electron chi connectivity index (χ3n) is 6.89. The van der Waals surface area contributed by atoms with Gasteiger partial charge in [-0.3, -0.25) is 0 Å². The highest BCUT2D eigenvalue weighted by Gasteiger charge is 2.38. The third kappa shape index (κ3) is 6.00. The van der Waals surface area contributed by atoms with Crippen LogP contribution in [0.15, 0.2) is 77.7 Å². The van der Waals surface area contributed by atoms with Gasteiger partial charge in [0.2, 0.25) is 0 Å². The summed E-state index contributed by atoms with van der Waals surface area (Å²) in [6.45, 7) is 1.62. The number of hydrogen-bond donors (Lipinski definition) is 1. The number of carbonyl (C=O) groups is 1. The van der Waals surface area contributed by atoms with Gasteiger partial charge in [-0.25, -0.2) is 22.0 Å². The van der Waals surface area contributed by atoms with Gasteiger partial charge < -0.3 is 14.7 Å². The third-order valence-corrected chi connectivity index (χ3v) is 9.46. The Hall–Kier alpha value is -3.01. The molecule has 1 heterocycles. The SMILES string of the molecule is C[C@H](COC(=O)N1CCC(O)(c2ccccc2)CC1)[C@@H](c1cc(F)ccc1F)S(=O)(=O)c1ccc(Cl)cc1. The van der Waals surface area contributed by atoms with Crippen molar-refractivity contribution in [2.45, 2.75) is 35.5 Å². The Balaban J connectivity index is 1.50. The van der Waals surface area contributed by atoms with Gasteiger partial charge in [-0.05, 0) is 60.9 Å². The summed E-state index contributed by atoms with van der Waals surface area (Å²) in [7, 11) is -4.23. The molecule has 1 aliphatic heterocycles. The second kappa shape index (κ2) is 11.4. The molecule has 0 bridgehead atoms. The fourth-order valence-electron chi connectivity index (χ4n) is 4.76. The van der Waals surface area contributed by atoms with Crippen molar-refractivity contribution in [1.82, 2.24) is 4.90 Å². The maximum absolute atomic E-state index is 14.8. The van der Waals surface area contributed by atoms with Gasteiger partial charge in [0.15, 0.2) is 9.84 Å². The molecule has 0 aromatic heterocycles. The fourth-order valence-corrected chi connectivity index (χ4v) is 6.90. The first-order chi connectivity index (χ1) is 18.0. The number of ether oxygens (including phenoxy) is 1. The average Bonchev–Trinajstić information content (AvgIpc) is 2.90. The number of amides is 1. The Labute approximate surface area is 225 Å². The van der Waals surface area contributed by atoms with Crippen molar-refractivity contribution in [3.05, 3.63) is 101 Å². The number of piperidine rings is 1. The molecule has 0 spiro atoms. The molecule has 0 unspecified atom stereocenters. The molecule has 1 fully saturated rings. The molecule has 1 saturated heterocycles. The minimum absolute atomic E-state index is 0.120. The van der Waals surface area contributed by atoms with E-state index in [0.29, 0.717) is 17.9 Å². The zero-order chi connectivity index (χ0) is 27.5. The van der Waals surface area contributed by atoms with Crippen molar-refractivity contribution in [2.24, 2.45) is 5.92 Å². The second-order valence-corrected chi connectivity index (χ2v) is 12.0. The molecule has 0 saturated carbocycles. The van der Waals surface area contributed by atoms with E-state index in [1.807, 2.05) is 30.3 Å². The van der Waals surface area contributed by atoms with Gasteiger partial charge in [-0.2, -0.15) is 0 Å². The number of aliphatic hydroxyl groups is 1. The molecule has 2 atom stereocenters. The van der Waals surface area contributed by atoms with E-state index in [0.717, 1.165) is 23.8 Å². The van der Waals surface area contributed by atoms with Gasteiger partial charge in [-0.1, -0.05) is 48.9 Å². The van der Waals surface area contributed by atoms with Crippen LogP contribution in [0.3, 0.4) is 0 Å². The van der Waals surface area contributed by atoms with Crippen LogP contribution in [0.5, 0.6) is 0 Å². The number of hydrogen-bond acceptors (Lipinski definition) is 5. The van der Waals surface area contributed by atoms with E-state index in [1.54, 1.807) is 0 Å². The quantitative estimate of drug-likeness (QED) is 0.387. The van der Waals surface area contributed by atoms with E-state index in [4.69, 9.17) is 16.3 Å². The summed E-state index contributed by atoms with van der Waals surface area (Å²) in [6, 6.07) is 17.2. The lowest BCUT2D eigenvalue weighted by atomic mass is 9.84. The van der Waals surface area contributed by atoms with Crippen LogP contribution in [-0.2, 0) is 20.2 Å². The molecule has 3 aromatic rings.